The van der Waals surface area contributed by atoms with Gasteiger partial charge in [0.2, 0.25) is 0 Å². The molecular formula is C22H18ClNO4. The number of benzene rings is 2. The first kappa shape index (κ1) is 19.5. The molecule has 0 aliphatic carbocycles. The van der Waals surface area contributed by atoms with Crippen LogP contribution in [-0.2, 0) is 9.53 Å². The highest BCUT2D eigenvalue weighted by molar-refractivity contribution is 6.34. The number of anilines is 1. The molecule has 1 heterocycles. The topological polar surface area (TPSA) is 68.5 Å². The molecule has 0 fully saturated rings. The van der Waals surface area contributed by atoms with Crippen molar-refractivity contribution in [3.8, 4) is 0 Å². The van der Waals surface area contributed by atoms with Gasteiger partial charge in [-0.1, -0.05) is 41.9 Å². The number of carbonyl (C=O) groups is 2. The number of halogens is 1. The van der Waals surface area contributed by atoms with Gasteiger partial charge in [-0.25, -0.2) is 4.79 Å². The lowest BCUT2D eigenvalue weighted by Crippen LogP contribution is -2.14. The summed E-state index contributed by atoms with van der Waals surface area (Å²) >= 11 is 6.17. The second kappa shape index (κ2) is 9.06. The molecule has 0 radical (unpaired) electrons. The summed E-state index contributed by atoms with van der Waals surface area (Å²) in [6.45, 7) is 1.97. The van der Waals surface area contributed by atoms with Crippen LogP contribution >= 0.6 is 11.6 Å². The Labute approximate surface area is 167 Å². The van der Waals surface area contributed by atoms with Crippen LogP contribution in [0.5, 0.6) is 0 Å². The van der Waals surface area contributed by atoms with Gasteiger partial charge in [-0.05, 0) is 48.9 Å². The van der Waals surface area contributed by atoms with Gasteiger partial charge in [0.05, 0.1) is 29.0 Å². The molecule has 0 bridgehead atoms. The minimum atomic E-state index is -0.506. The van der Waals surface area contributed by atoms with E-state index in [1.54, 1.807) is 37.5 Å². The molecule has 0 aliphatic heterocycles. The first-order chi connectivity index (χ1) is 13.6. The van der Waals surface area contributed by atoms with Gasteiger partial charge in [-0.2, -0.15) is 0 Å². The van der Waals surface area contributed by atoms with E-state index in [0.717, 1.165) is 5.56 Å². The fraction of sp³-hybridized carbons (Fsp3) is 0.0909. The lowest BCUT2D eigenvalue weighted by Gasteiger charge is -2.11. The Morgan fingerprint density at radius 3 is 2.54 bits per heavy atom. The zero-order valence-electron chi connectivity index (χ0n) is 15.1. The van der Waals surface area contributed by atoms with Crippen molar-refractivity contribution in [2.45, 2.75) is 6.92 Å². The molecule has 0 unspecified atom stereocenters. The maximum Gasteiger partial charge on any atom is 0.339 e. The Bertz CT molecular complexity index is 995. The van der Waals surface area contributed by atoms with Crippen LogP contribution in [0, 0.1) is 0 Å². The number of amides is 1. The molecular weight excluding hydrogens is 378 g/mol. The molecule has 1 N–H and O–H groups in total. The fourth-order valence-corrected chi connectivity index (χ4v) is 2.84. The summed E-state index contributed by atoms with van der Waals surface area (Å²) in [5.74, 6) is -0.277. The van der Waals surface area contributed by atoms with Crippen LogP contribution in [0.1, 0.15) is 28.6 Å². The maximum absolute atomic E-state index is 12.9. The lowest BCUT2D eigenvalue weighted by molar-refractivity contribution is -0.111. The molecule has 28 heavy (non-hydrogen) atoms. The molecule has 6 heteroatoms. The monoisotopic (exact) mass is 395 g/mol. The quantitative estimate of drug-likeness (QED) is 0.455. The van der Waals surface area contributed by atoms with Gasteiger partial charge in [0, 0.05) is 5.69 Å². The largest absolute Gasteiger partial charge is 0.465 e. The Hall–Kier alpha value is -3.31. The zero-order valence-corrected chi connectivity index (χ0v) is 15.9. The van der Waals surface area contributed by atoms with Crippen molar-refractivity contribution in [2.24, 2.45) is 0 Å². The summed E-state index contributed by atoms with van der Waals surface area (Å²) in [4.78, 5) is 24.8. The van der Waals surface area contributed by atoms with Gasteiger partial charge in [-0.3, -0.25) is 4.79 Å². The number of ether oxygens (including phenoxy) is 1. The Balaban J connectivity index is 1.87. The Kier molecular flexibility index (Phi) is 6.29. The third-order valence-electron chi connectivity index (χ3n) is 3.88. The highest BCUT2D eigenvalue weighted by Gasteiger charge is 2.16. The number of furan rings is 1. The molecule has 0 spiro atoms. The number of hydrogen-bond acceptors (Lipinski definition) is 4. The number of nitrogens with one attached hydrogen (secondary N) is 1. The van der Waals surface area contributed by atoms with Gasteiger partial charge in [0.15, 0.2) is 0 Å². The fourth-order valence-electron chi connectivity index (χ4n) is 2.58. The average Bonchev–Trinajstić information content (AvgIpc) is 3.20. The molecule has 2 aromatic carbocycles. The highest BCUT2D eigenvalue weighted by atomic mass is 35.5. The lowest BCUT2D eigenvalue weighted by atomic mass is 10.0. The van der Waals surface area contributed by atoms with Gasteiger partial charge in [0.25, 0.3) is 5.91 Å². The van der Waals surface area contributed by atoms with Crippen molar-refractivity contribution in [1.29, 1.82) is 0 Å². The summed E-state index contributed by atoms with van der Waals surface area (Å²) in [5.41, 5.74) is 1.88. The van der Waals surface area contributed by atoms with Crippen LogP contribution in [0.4, 0.5) is 5.69 Å². The van der Waals surface area contributed by atoms with Crippen LogP contribution < -0.4 is 5.32 Å². The first-order valence-corrected chi connectivity index (χ1v) is 9.05. The van der Waals surface area contributed by atoms with Crippen LogP contribution in [0.15, 0.2) is 71.3 Å². The first-order valence-electron chi connectivity index (χ1n) is 8.67. The molecule has 3 rings (SSSR count). The van der Waals surface area contributed by atoms with Crippen molar-refractivity contribution in [1.82, 2.24) is 0 Å². The maximum atomic E-state index is 12.9. The summed E-state index contributed by atoms with van der Waals surface area (Å²) < 4.78 is 10.3. The summed E-state index contributed by atoms with van der Waals surface area (Å²) in [6.07, 6.45) is 3.21. The molecule has 1 aromatic heterocycles. The standard InChI is InChI=1S/C22H18ClNO4/c1-2-27-22(26)18-11-10-16(13-20(18)23)24-21(25)19(14-17-9-6-12-28-17)15-7-4-3-5-8-15/h3-14H,2H2,1H3,(H,24,25)/b19-14+. The molecule has 0 atom stereocenters. The van der Waals surface area contributed by atoms with Crippen molar-refractivity contribution >= 4 is 40.8 Å². The molecule has 0 saturated heterocycles. The number of esters is 1. The Morgan fingerprint density at radius 1 is 1.11 bits per heavy atom. The van der Waals surface area contributed by atoms with Crippen molar-refractivity contribution in [2.75, 3.05) is 11.9 Å². The Morgan fingerprint density at radius 2 is 1.89 bits per heavy atom. The van der Waals surface area contributed by atoms with E-state index < -0.39 is 5.97 Å². The van der Waals surface area contributed by atoms with Gasteiger partial charge in [0.1, 0.15) is 5.76 Å². The van der Waals surface area contributed by atoms with E-state index in [4.69, 9.17) is 20.8 Å². The van der Waals surface area contributed by atoms with Gasteiger partial charge >= 0.3 is 5.97 Å². The smallest absolute Gasteiger partial charge is 0.339 e. The van der Waals surface area contributed by atoms with E-state index in [0.29, 0.717) is 17.0 Å². The zero-order chi connectivity index (χ0) is 19.9. The molecule has 0 aliphatic rings. The summed E-state index contributed by atoms with van der Waals surface area (Å²) in [6, 6.07) is 17.4. The van der Waals surface area contributed by atoms with E-state index >= 15 is 0 Å². The minimum absolute atomic E-state index is 0.201. The summed E-state index contributed by atoms with van der Waals surface area (Å²) in [7, 11) is 0. The minimum Gasteiger partial charge on any atom is -0.465 e. The second-order valence-corrected chi connectivity index (χ2v) is 6.22. The second-order valence-electron chi connectivity index (χ2n) is 5.81. The molecule has 1 amide bonds. The van der Waals surface area contributed by atoms with Crippen molar-refractivity contribution in [3.05, 3.63) is 88.8 Å². The van der Waals surface area contributed by atoms with E-state index in [2.05, 4.69) is 5.32 Å². The van der Waals surface area contributed by atoms with Gasteiger partial charge in [-0.15, -0.1) is 0 Å². The van der Waals surface area contributed by atoms with Crippen molar-refractivity contribution in [3.63, 3.8) is 0 Å². The highest BCUT2D eigenvalue weighted by Crippen LogP contribution is 2.24. The molecule has 0 saturated carbocycles. The number of rotatable bonds is 6. The molecule has 3 aromatic rings. The predicted molar refractivity (Wildman–Crippen MR) is 109 cm³/mol. The summed E-state index contributed by atoms with van der Waals surface area (Å²) in [5, 5.41) is 3.01. The predicted octanol–water partition coefficient (Wildman–Crippen LogP) is 5.29. The third kappa shape index (κ3) is 4.69. The van der Waals surface area contributed by atoms with E-state index in [1.807, 2.05) is 30.3 Å². The van der Waals surface area contributed by atoms with E-state index in [9.17, 15) is 9.59 Å². The number of hydrogen-bond donors (Lipinski definition) is 1. The van der Waals surface area contributed by atoms with Crippen LogP contribution in [0.3, 0.4) is 0 Å². The van der Waals surface area contributed by atoms with E-state index in [-0.39, 0.29) is 23.1 Å². The third-order valence-corrected chi connectivity index (χ3v) is 4.19. The number of carbonyl (C=O) groups excluding carboxylic acids is 2. The van der Waals surface area contributed by atoms with Gasteiger partial charge < -0.3 is 14.5 Å². The van der Waals surface area contributed by atoms with Crippen LogP contribution in [0.25, 0.3) is 11.6 Å². The molecule has 5 nitrogen and oxygen atoms in total. The molecule has 142 valence electrons. The van der Waals surface area contributed by atoms with Crippen LogP contribution in [0.2, 0.25) is 5.02 Å². The average molecular weight is 396 g/mol. The van der Waals surface area contributed by atoms with Crippen LogP contribution in [-0.4, -0.2) is 18.5 Å². The SMILES string of the molecule is CCOC(=O)c1ccc(NC(=O)/C(=C/c2ccco2)c2ccccc2)cc1Cl. The van der Waals surface area contributed by atoms with Crippen molar-refractivity contribution < 1.29 is 18.7 Å². The van der Waals surface area contributed by atoms with E-state index in [1.165, 1.54) is 12.1 Å². The normalized spacial score (nSPS) is 11.1.